The summed E-state index contributed by atoms with van der Waals surface area (Å²) in [7, 11) is 0. The molecule has 0 aliphatic heterocycles. The van der Waals surface area contributed by atoms with E-state index in [0.29, 0.717) is 0 Å². The van der Waals surface area contributed by atoms with Crippen LogP contribution in [-0.4, -0.2) is 13.7 Å². The molecular weight excluding hydrogens is 1810 g/mol. The van der Waals surface area contributed by atoms with E-state index in [1.165, 1.54) is 196 Å². The molecule has 0 saturated heterocycles. The van der Waals surface area contributed by atoms with Crippen molar-refractivity contribution in [2.45, 2.75) is 0 Å². The molecule has 0 atom stereocenters. The Morgan fingerprint density at radius 2 is 0.340 bits per heavy atom. The van der Waals surface area contributed by atoms with E-state index in [0.717, 1.165) is 68.2 Å². The van der Waals surface area contributed by atoms with Crippen LogP contribution >= 0.6 is 0 Å². The lowest BCUT2D eigenvalue weighted by Crippen LogP contribution is -2.10. The van der Waals surface area contributed by atoms with Crippen molar-refractivity contribution in [1.82, 2.24) is 13.7 Å². The Hall–Kier alpha value is -19.9. The van der Waals surface area contributed by atoms with Gasteiger partial charge in [0.15, 0.2) is 0 Å². The van der Waals surface area contributed by atoms with Crippen LogP contribution in [0.15, 0.2) is 582 Å². The molecule has 0 radical (unpaired) electrons. The van der Waals surface area contributed by atoms with Gasteiger partial charge in [-0.25, -0.2) is 0 Å². The molecule has 0 aliphatic carbocycles. The van der Waals surface area contributed by atoms with E-state index in [1.807, 2.05) is 0 Å². The Balaban J connectivity index is 0.000000108. The van der Waals surface area contributed by atoms with Gasteiger partial charge in [0.1, 0.15) is 0 Å². The van der Waals surface area contributed by atoms with E-state index >= 15 is 0 Å². The summed E-state index contributed by atoms with van der Waals surface area (Å²) in [6.07, 6.45) is 0. The van der Waals surface area contributed by atoms with E-state index in [-0.39, 0.29) is 0 Å². The van der Waals surface area contributed by atoms with E-state index in [1.54, 1.807) is 0 Å². The first kappa shape index (κ1) is 87.8. The molecule has 27 aromatic carbocycles. The molecule has 6 heteroatoms. The highest BCUT2D eigenvalue weighted by atomic mass is 15.2. The van der Waals surface area contributed by atoms with Gasteiger partial charge < -0.3 is 28.4 Å². The minimum Gasteiger partial charge on any atom is -0.311 e. The number of fused-ring (bicyclic) bond motifs is 24. The zero-order valence-electron chi connectivity index (χ0n) is 82.1. The van der Waals surface area contributed by atoms with Crippen LogP contribution in [0.5, 0.6) is 0 Å². The Labute approximate surface area is 868 Å². The summed E-state index contributed by atoms with van der Waals surface area (Å²) in [5.41, 5.74) is 27.9. The highest BCUT2D eigenvalue weighted by molar-refractivity contribution is 6.32. The fraction of sp³-hybridized carbons (Fsp3) is 0. The van der Waals surface area contributed by atoms with Gasteiger partial charge in [-0.2, -0.15) is 0 Å². The molecule has 0 spiro atoms. The van der Waals surface area contributed by atoms with Gasteiger partial charge in [-0.15, -0.1) is 0 Å². The fourth-order valence-corrected chi connectivity index (χ4v) is 23.5. The van der Waals surface area contributed by atoms with Crippen LogP contribution in [0.1, 0.15) is 0 Å². The standard InChI is InChI=1S/3C48H32N2/c1-2-15-37(16-3-1)49(38-25-21-36(22-26-38)42-20-10-14-33-11-4-7-17-41(33)42)39-27-29-40(30-28-39)50-45-31-23-34-12-5-8-18-43(34)47(45)48-44-19-9-6-13-35(44)24-32-46(48)50;1-2-17-39(18-3-1)49(40-19-10-16-37(31-40)38-25-24-33-12-4-5-15-36(33)30-38)41-20-11-21-42(32-41)50-45-28-26-34-13-6-8-22-43(34)47(45)48-44-23-9-7-14-35(44)27-29-46(48)50;1-2-14-39(15-3-1)49(40-24-20-34(21-25-40)38-19-18-33-10-4-5-13-37(33)32-38)41-26-28-42(29-27-41)50-45-30-22-35-11-6-8-16-43(35)47(45)48-44-17-9-7-12-36(44)23-31-46(48)50/h3*1-32H. The van der Waals surface area contributed by atoms with Gasteiger partial charge in [0.05, 0.1) is 33.1 Å². The number of para-hydroxylation sites is 3. The molecule has 0 amide bonds. The number of hydrogen-bond acceptors (Lipinski definition) is 3. The molecule has 30 rings (SSSR count). The van der Waals surface area contributed by atoms with Crippen molar-refractivity contribution in [3.63, 3.8) is 0 Å². The van der Waals surface area contributed by atoms with Crippen LogP contribution in [-0.2, 0) is 0 Å². The Morgan fingerprint density at radius 1 is 0.113 bits per heavy atom. The van der Waals surface area contributed by atoms with Crippen molar-refractivity contribution in [3.8, 4) is 50.4 Å². The van der Waals surface area contributed by atoms with Crippen molar-refractivity contribution in [2.24, 2.45) is 0 Å². The van der Waals surface area contributed by atoms with Crippen molar-refractivity contribution in [1.29, 1.82) is 0 Å². The molecule has 0 N–H and O–H groups in total. The fourth-order valence-electron chi connectivity index (χ4n) is 23.5. The maximum atomic E-state index is 2.45. The van der Waals surface area contributed by atoms with Crippen LogP contribution in [0.4, 0.5) is 51.2 Å². The summed E-state index contributed by atoms with van der Waals surface area (Å²) in [5.74, 6) is 0. The van der Waals surface area contributed by atoms with Crippen molar-refractivity contribution in [2.75, 3.05) is 14.7 Å². The van der Waals surface area contributed by atoms with Gasteiger partial charge in [0.25, 0.3) is 0 Å². The molecular formula is C144H96N6. The van der Waals surface area contributed by atoms with Crippen LogP contribution in [0, 0.1) is 0 Å². The van der Waals surface area contributed by atoms with Crippen LogP contribution in [0.25, 0.3) is 213 Å². The maximum absolute atomic E-state index is 2.45. The third kappa shape index (κ3) is 15.5. The largest absolute Gasteiger partial charge is 0.311 e. The third-order valence-electron chi connectivity index (χ3n) is 30.4. The number of rotatable bonds is 15. The Morgan fingerprint density at radius 3 is 0.700 bits per heavy atom. The first-order chi connectivity index (χ1) is 74.4. The second kappa shape index (κ2) is 37.4. The maximum Gasteiger partial charge on any atom is 0.0547 e. The topological polar surface area (TPSA) is 24.5 Å². The molecule has 0 fully saturated rings. The lowest BCUT2D eigenvalue weighted by molar-refractivity contribution is 1.17. The molecule has 150 heavy (non-hydrogen) atoms. The predicted molar refractivity (Wildman–Crippen MR) is 640 cm³/mol. The smallest absolute Gasteiger partial charge is 0.0547 e. The highest BCUT2D eigenvalue weighted by Crippen LogP contribution is 2.49. The van der Waals surface area contributed by atoms with Gasteiger partial charge in [0.2, 0.25) is 0 Å². The van der Waals surface area contributed by atoms with Crippen LogP contribution in [0.3, 0.4) is 0 Å². The van der Waals surface area contributed by atoms with Gasteiger partial charge in [-0.05, 0) is 318 Å². The zero-order valence-corrected chi connectivity index (χ0v) is 82.1. The molecule has 30 aromatic rings. The first-order valence-corrected chi connectivity index (χ1v) is 51.6. The summed E-state index contributed by atoms with van der Waals surface area (Å²) in [5, 5.41) is 30.5. The quantitative estimate of drug-likeness (QED) is 0.102. The number of nitrogens with zero attached hydrogens (tertiary/aromatic N) is 6. The van der Waals surface area contributed by atoms with E-state index in [2.05, 4.69) is 611 Å². The summed E-state index contributed by atoms with van der Waals surface area (Å²) >= 11 is 0. The minimum atomic E-state index is 1.10. The van der Waals surface area contributed by atoms with E-state index in [4.69, 9.17) is 0 Å². The van der Waals surface area contributed by atoms with Gasteiger partial charge in [-0.3, -0.25) is 0 Å². The number of aromatic nitrogens is 3. The monoisotopic (exact) mass is 1910 g/mol. The molecule has 3 heterocycles. The molecule has 0 unspecified atom stereocenters. The normalized spacial score (nSPS) is 11.6. The van der Waals surface area contributed by atoms with E-state index in [9.17, 15) is 0 Å². The predicted octanol–water partition coefficient (Wildman–Crippen LogP) is 40.1. The number of hydrogen-bond donors (Lipinski definition) is 0. The lowest BCUT2D eigenvalue weighted by atomic mass is 9.98. The third-order valence-corrected chi connectivity index (χ3v) is 30.4. The number of benzene rings is 27. The van der Waals surface area contributed by atoms with Crippen molar-refractivity contribution < 1.29 is 0 Å². The second-order valence-corrected chi connectivity index (χ2v) is 39.0. The van der Waals surface area contributed by atoms with Gasteiger partial charge >= 0.3 is 0 Å². The summed E-state index contributed by atoms with van der Waals surface area (Å²) in [6, 6.07) is 211. The first-order valence-electron chi connectivity index (χ1n) is 51.6. The summed E-state index contributed by atoms with van der Waals surface area (Å²) < 4.78 is 7.30. The molecule has 6 nitrogen and oxygen atoms in total. The SMILES string of the molecule is c1ccc(N(c2ccc(-c3ccc4ccccc4c3)cc2)c2ccc(-n3c4ccc5ccccc5c4c4c5ccccc5ccc43)cc2)cc1.c1ccc(N(c2ccc(-c3cccc4ccccc34)cc2)c2ccc(-n3c4ccc5ccccc5c4c4c5ccccc5ccc43)cc2)cc1.c1ccc(N(c2cccc(-c3ccc4ccccc4c3)c2)c2cccc(-n3c4ccc5ccccc5c4c4c5ccccc5ccc43)c2)cc1. The van der Waals surface area contributed by atoms with Crippen LogP contribution < -0.4 is 14.7 Å². The van der Waals surface area contributed by atoms with Gasteiger partial charge in [0, 0.05) is 101 Å². The Kier molecular flexibility index (Phi) is 21.9. The molecule has 0 aliphatic rings. The average Bonchev–Trinajstić information content (AvgIpc) is 1.57. The van der Waals surface area contributed by atoms with Gasteiger partial charge in [-0.1, -0.05) is 394 Å². The van der Waals surface area contributed by atoms with E-state index < -0.39 is 0 Å². The molecule has 702 valence electrons. The number of anilines is 9. The second-order valence-electron chi connectivity index (χ2n) is 39.0. The highest BCUT2D eigenvalue weighted by Gasteiger charge is 2.26. The minimum absolute atomic E-state index is 1.10. The van der Waals surface area contributed by atoms with Crippen molar-refractivity contribution >= 4 is 214 Å². The molecule has 3 aromatic heterocycles. The Bertz CT molecular complexity index is 10200. The zero-order chi connectivity index (χ0) is 99.1. The van der Waals surface area contributed by atoms with Crippen molar-refractivity contribution in [3.05, 3.63) is 582 Å². The molecule has 0 bridgehead atoms. The summed E-state index contributed by atoms with van der Waals surface area (Å²) in [6.45, 7) is 0. The van der Waals surface area contributed by atoms with Crippen LogP contribution in [0.2, 0.25) is 0 Å². The molecule has 0 saturated carbocycles. The summed E-state index contributed by atoms with van der Waals surface area (Å²) in [4.78, 5) is 7.04. The lowest BCUT2D eigenvalue weighted by Gasteiger charge is -2.26. The average molecular weight is 1910 g/mol.